The highest BCUT2D eigenvalue weighted by Gasteiger charge is 2.33. The zero-order valence-electron chi connectivity index (χ0n) is 22.8. The number of nitrogens with zero attached hydrogens (tertiary/aromatic N) is 6. The highest BCUT2D eigenvalue weighted by atomic mass is 32.2. The Labute approximate surface area is 236 Å². The van der Waals surface area contributed by atoms with E-state index in [9.17, 15) is 27.5 Å². The van der Waals surface area contributed by atoms with Crippen LogP contribution < -0.4 is 10.1 Å². The first-order valence-corrected chi connectivity index (χ1v) is 14.3. The molecule has 0 fully saturated rings. The van der Waals surface area contributed by atoms with E-state index in [-0.39, 0.29) is 55.3 Å². The summed E-state index contributed by atoms with van der Waals surface area (Å²) in [7, 11) is -2.56. The summed E-state index contributed by atoms with van der Waals surface area (Å²) >= 11 is 0. The Balaban J connectivity index is 1.62. The molecule has 1 aliphatic rings. The third-order valence-corrected chi connectivity index (χ3v) is 8.69. The number of anilines is 1. The lowest BCUT2D eigenvalue weighted by molar-refractivity contribution is -0.134. The number of aliphatic hydroxyl groups excluding tert-OH is 1. The fourth-order valence-electron chi connectivity index (χ4n) is 4.46. The molecule has 3 atom stereocenters. The second-order valence-corrected chi connectivity index (χ2v) is 12.1. The molecule has 2 amide bonds. The van der Waals surface area contributed by atoms with Crippen LogP contribution in [0.2, 0.25) is 0 Å². The van der Waals surface area contributed by atoms with Gasteiger partial charge in [0.25, 0.3) is 0 Å². The van der Waals surface area contributed by atoms with Crippen molar-refractivity contribution in [2.45, 2.75) is 43.9 Å². The van der Waals surface area contributed by atoms with Crippen LogP contribution in [0, 0.1) is 11.7 Å². The fraction of sp³-hybridized carbons (Fsp3) is 0.423. The number of halogens is 1. The molecule has 3 aromatic rings. The van der Waals surface area contributed by atoms with Crippen molar-refractivity contribution < 1.29 is 32.2 Å². The molecule has 0 aliphatic carbocycles. The summed E-state index contributed by atoms with van der Waals surface area (Å²) in [6.45, 7) is 3.32. The number of hydrogen-bond donors (Lipinski definition) is 2. The number of tetrazole rings is 1. The minimum absolute atomic E-state index is 0.0646. The van der Waals surface area contributed by atoms with E-state index in [1.165, 1.54) is 30.2 Å². The molecule has 0 bridgehead atoms. The standard InChI is InChI=1S/C26H32FN7O6S/c1-17-12-34(18(2)15-35)26(37)11-19-10-21(29-25(36)14-33-16-28-30-31-33)6-9-23(19)40-24(17)13-32(3)41(38,39)22-7-4-20(27)5-8-22/h4-10,16-18,24,35H,11-15H2,1-3H3,(H,29,36)/t17-,18-,24-/m0/s1. The Morgan fingerprint density at radius 3 is 2.66 bits per heavy atom. The van der Waals surface area contributed by atoms with E-state index < -0.39 is 28.0 Å². The molecule has 220 valence electrons. The van der Waals surface area contributed by atoms with Crippen molar-refractivity contribution in [2.24, 2.45) is 5.92 Å². The van der Waals surface area contributed by atoms with E-state index in [2.05, 4.69) is 20.8 Å². The average Bonchev–Trinajstić information content (AvgIpc) is 3.45. The zero-order valence-corrected chi connectivity index (χ0v) is 23.7. The molecule has 0 saturated heterocycles. The number of benzene rings is 2. The summed E-state index contributed by atoms with van der Waals surface area (Å²) < 4.78 is 48.6. The van der Waals surface area contributed by atoms with E-state index >= 15 is 0 Å². The maximum atomic E-state index is 13.4. The number of rotatable bonds is 9. The summed E-state index contributed by atoms with van der Waals surface area (Å²) in [5.74, 6) is -1.18. The number of aliphatic hydroxyl groups is 1. The molecule has 0 spiro atoms. The van der Waals surface area contributed by atoms with Crippen LogP contribution in [0.1, 0.15) is 19.4 Å². The van der Waals surface area contributed by atoms with E-state index in [1.807, 2.05) is 6.92 Å². The van der Waals surface area contributed by atoms with Crippen LogP contribution in [0.15, 0.2) is 53.7 Å². The molecule has 0 radical (unpaired) electrons. The Bertz CT molecular complexity index is 1470. The van der Waals surface area contributed by atoms with Gasteiger partial charge in [-0.1, -0.05) is 6.92 Å². The molecule has 1 aliphatic heterocycles. The van der Waals surface area contributed by atoms with Crippen LogP contribution in [0.5, 0.6) is 5.75 Å². The van der Waals surface area contributed by atoms with Crippen molar-refractivity contribution in [3.63, 3.8) is 0 Å². The number of carbonyl (C=O) groups is 2. The van der Waals surface area contributed by atoms with Crippen LogP contribution in [0.25, 0.3) is 0 Å². The summed E-state index contributed by atoms with van der Waals surface area (Å²) in [5.41, 5.74) is 0.897. The number of fused-ring (bicyclic) bond motifs is 1. The first kappa shape index (κ1) is 30.0. The summed E-state index contributed by atoms with van der Waals surface area (Å²) in [4.78, 5) is 27.3. The molecule has 4 rings (SSSR count). The highest BCUT2D eigenvalue weighted by molar-refractivity contribution is 7.89. The summed E-state index contributed by atoms with van der Waals surface area (Å²) in [6, 6.07) is 8.92. The second kappa shape index (κ2) is 12.7. The van der Waals surface area contributed by atoms with Crippen molar-refractivity contribution >= 4 is 27.5 Å². The number of amides is 2. The van der Waals surface area contributed by atoms with Gasteiger partial charge in [-0.2, -0.15) is 4.31 Å². The lowest BCUT2D eigenvalue weighted by Gasteiger charge is -2.33. The maximum absolute atomic E-state index is 13.4. The van der Waals surface area contributed by atoms with Gasteiger partial charge in [-0.3, -0.25) is 9.59 Å². The van der Waals surface area contributed by atoms with Gasteiger partial charge in [0.15, 0.2) is 0 Å². The van der Waals surface area contributed by atoms with Crippen molar-refractivity contribution in [2.75, 3.05) is 32.1 Å². The number of carbonyl (C=O) groups excluding carboxylic acids is 2. The molecule has 13 nitrogen and oxygen atoms in total. The minimum atomic E-state index is -3.97. The van der Waals surface area contributed by atoms with E-state index in [0.29, 0.717) is 17.0 Å². The van der Waals surface area contributed by atoms with E-state index in [4.69, 9.17) is 4.74 Å². The summed E-state index contributed by atoms with van der Waals surface area (Å²) in [5, 5.41) is 23.2. The number of nitrogens with one attached hydrogen (secondary N) is 1. The molecule has 2 aromatic carbocycles. The summed E-state index contributed by atoms with van der Waals surface area (Å²) in [6.07, 6.45) is 0.537. The van der Waals surface area contributed by atoms with Gasteiger partial charge in [-0.15, -0.1) is 5.10 Å². The average molecular weight is 590 g/mol. The predicted octanol–water partition coefficient (Wildman–Crippen LogP) is 0.921. The van der Waals surface area contributed by atoms with Gasteiger partial charge in [0.2, 0.25) is 21.8 Å². The first-order chi connectivity index (χ1) is 19.5. The molecule has 2 N–H and O–H groups in total. The molecule has 0 saturated carbocycles. The topological polar surface area (TPSA) is 160 Å². The Hall–Kier alpha value is -3.95. The van der Waals surface area contributed by atoms with Crippen molar-refractivity contribution in [3.05, 3.63) is 60.2 Å². The van der Waals surface area contributed by atoms with E-state index in [0.717, 1.165) is 16.4 Å². The Morgan fingerprint density at radius 1 is 1.27 bits per heavy atom. The molecule has 15 heteroatoms. The van der Waals surface area contributed by atoms with Gasteiger partial charge in [0, 0.05) is 30.8 Å². The highest BCUT2D eigenvalue weighted by Crippen LogP contribution is 2.30. The predicted molar refractivity (Wildman–Crippen MR) is 145 cm³/mol. The zero-order chi connectivity index (χ0) is 29.7. The number of ether oxygens (including phenoxy) is 1. The molecule has 0 unspecified atom stereocenters. The molecule has 41 heavy (non-hydrogen) atoms. The van der Waals surface area contributed by atoms with Gasteiger partial charge in [0.05, 0.1) is 30.5 Å². The normalized spacial score (nSPS) is 18.6. The largest absolute Gasteiger partial charge is 0.488 e. The van der Waals surface area contributed by atoms with Crippen LogP contribution >= 0.6 is 0 Å². The Kier molecular flexibility index (Phi) is 9.30. The maximum Gasteiger partial charge on any atom is 0.246 e. The van der Waals surface area contributed by atoms with Gasteiger partial charge >= 0.3 is 0 Å². The van der Waals surface area contributed by atoms with Crippen molar-refractivity contribution in [3.8, 4) is 5.75 Å². The first-order valence-electron chi connectivity index (χ1n) is 12.9. The lowest BCUT2D eigenvalue weighted by Crippen LogP contribution is -2.48. The van der Waals surface area contributed by atoms with Crippen LogP contribution in [0.4, 0.5) is 10.1 Å². The van der Waals surface area contributed by atoms with Gasteiger partial charge in [0.1, 0.15) is 30.5 Å². The number of aromatic nitrogens is 4. The van der Waals surface area contributed by atoms with Crippen LogP contribution in [0.3, 0.4) is 0 Å². The molecule has 1 aromatic heterocycles. The van der Waals surface area contributed by atoms with Gasteiger partial charge in [-0.05, 0) is 59.8 Å². The van der Waals surface area contributed by atoms with Crippen LogP contribution in [-0.2, 0) is 32.6 Å². The smallest absolute Gasteiger partial charge is 0.246 e. The van der Waals surface area contributed by atoms with Gasteiger partial charge < -0.3 is 20.1 Å². The van der Waals surface area contributed by atoms with Crippen molar-refractivity contribution in [1.29, 1.82) is 0 Å². The third kappa shape index (κ3) is 7.23. The second-order valence-electron chi connectivity index (χ2n) is 10.0. The molecular weight excluding hydrogens is 557 g/mol. The monoisotopic (exact) mass is 589 g/mol. The van der Waals surface area contributed by atoms with Crippen LogP contribution in [-0.4, -0.2) is 93.6 Å². The fourth-order valence-corrected chi connectivity index (χ4v) is 5.65. The van der Waals surface area contributed by atoms with Crippen molar-refractivity contribution in [1.82, 2.24) is 29.4 Å². The molecular formula is C26H32FN7O6S. The third-order valence-electron chi connectivity index (χ3n) is 6.86. The SMILES string of the molecule is C[C@H]1CN([C@@H](C)CO)C(=O)Cc2cc(NC(=O)Cn3cnnn3)ccc2O[C@H]1CN(C)S(=O)(=O)c1ccc(F)cc1. The van der Waals surface area contributed by atoms with Gasteiger partial charge in [-0.25, -0.2) is 17.5 Å². The van der Waals surface area contributed by atoms with E-state index in [1.54, 1.807) is 30.0 Å². The molecule has 2 heterocycles. The Morgan fingerprint density at radius 2 is 2.00 bits per heavy atom. The number of likely N-dealkylation sites (N-methyl/N-ethyl adjacent to an activating group) is 1. The minimum Gasteiger partial charge on any atom is -0.488 e. The number of sulfonamides is 1. The lowest BCUT2D eigenvalue weighted by atomic mass is 10.0. The number of hydrogen-bond acceptors (Lipinski definition) is 9. The quantitative estimate of drug-likeness (QED) is 0.370.